The van der Waals surface area contributed by atoms with Gasteiger partial charge < -0.3 is 10.1 Å². The van der Waals surface area contributed by atoms with Crippen molar-refractivity contribution in [1.29, 1.82) is 5.26 Å². The van der Waals surface area contributed by atoms with E-state index in [0.29, 0.717) is 29.2 Å². The Labute approximate surface area is 162 Å². The van der Waals surface area contributed by atoms with Crippen LogP contribution >= 0.6 is 11.8 Å². The average molecular weight is 388 g/mol. The summed E-state index contributed by atoms with van der Waals surface area (Å²) in [5, 5.41) is 13.1. The topological polar surface area (TPSA) is 97.0 Å². The molecule has 8 heteroatoms. The van der Waals surface area contributed by atoms with Crippen LogP contribution in [0.4, 0.5) is 0 Å². The maximum Gasteiger partial charge on any atom is 0.262 e. The number of ether oxygens (including phenoxy) is 1. The van der Waals surface area contributed by atoms with Crippen LogP contribution in [0.3, 0.4) is 0 Å². The highest BCUT2D eigenvalue weighted by atomic mass is 32.2. The summed E-state index contributed by atoms with van der Waals surface area (Å²) in [4.78, 5) is 29.7. The van der Waals surface area contributed by atoms with Crippen molar-refractivity contribution >= 4 is 28.6 Å². The first-order valence-electron chi connectivity index (χ1n) is 8.66. The average Bonchev–Trinajstić information content (AvgIpc) is 2.65. The summed E-state index contributed by atoms with van der Waals surface area (Å²) in [5.74, 6) is -0.254. The minimum Gasteiger partial charge on any atom is -0.383 e. The number of para-hydroxylation sites is 1. The van der Waals surface area contributed by atoms with Crippen molar-refractivity contribution in [3.8, 4) is 6.07 Å². The van der Waals surface area contributed by atoms with Crippen LogP contribution in [0.25, 0.3) is 10.9 Å². The smallest absolute Gasteiger partial charge is 0.262 e. The molecule has 0 unspecified atom stereocenters. The summed E-state index contributed by atoms with van der Waals surface area (Å²) in [5.41, 5.74) is -0.516. The Morgan fingerprint density at radius 3 is 2.78 bits per heavy atom. The van der Waals surface area contributed by atoms with Crippen LogP contribution in [0.2, 0.25) is 0 Å². The van der Waals surface area contributed by atoms with E-state index in [0.717, 1.165) is 0 Å². The van der Waals surface area contributed by atoms with Gasteiger partial charge in [-0.15, -0.1) is 0 Å². The Hall–Kier alpha value is -2.37. The molecule has 2 aromatic rings. The van der Waals surface area contributed by atoms with Gasteiger partial charge in [-0.25, -0.2) is 4.98 Å². The second kappa shape index (κ2) is 9.02. The molecule has 0 radical (unpaired) electrons. The summed E-state index contributed by atoms with van der Waals surface area (Å²) in [6, 6.07) is 9.26. The number of benzene rings is 1. The fraction of sp³-hybridized carbons (Fsp3) is 0.474. The van der Waals surface area contributed by atoms with Crippen LogP contribution in [-0.2, 0) is 16.1 Å². The number of aromatic nitrogens is 2. The Bertz CT molecular complexity index is 919. The molecule has 1 heterocycles. The number of carbonyl (C=O) groups excluding carboxylic acids is 1. The van der Waals surface area contributed by atoms with E-state index in [1.165, 1.54) is 16.3 Å². The number of amides is 1. The monoisotopic (exact) mass is 388 g/mol. The molecule has 0 fully saturated rings. The molecule has 1 amide bonds. The summed E-state index contributed by atoms with van der Waals surface area (Å²) in [6.07, 6.45) is 0. The molecule has 0 saturated carbocycles. The third kappa shape index (κ3) is 4.87. The Kier molecular flexibility index (Phi) is 6.99. The molecule has 1 aromatic carbocycles. The van der Waals surface area contributed by atoms with E-state index in [9.17, 15) is 14.9 Å². The molecular formula is C19H24N4O3S. The van der Waals surface area contributed by atoms with Crippen molar-refractivity contribution in [2.75, 3.05) is 19.5 Å². The van der Waals surface area contributed by atoms with E-state index < -0.39 is 5.54 Å². The lowest BCUT2D eigenvalue weighted by Gasteiger charge is -2.27. The number of methoxy groups -OCH3 is 1. The van der Waals surface area contributed by atoms with Gasteiger partial charge in [-0.1, -0.05) is 37.7 Å². The van der Waals surface area contributed by atoms with Crippen LogP contribution in [0.1, 0.15) is 20.8 Å². The lowest BCUT2D eigenvalue weighted by Crippen LogP contribution is -2.49. The summed E-state index contributed by atoms with van der Waals surface area (Å²) in [7, 11) is 1.56. The van der Waals surface area contributed by atoms with Crippen LogP contribution in [0.5, 0.6) is 0 Å². The Balaban J connectivity index is 2.26. The SMILES string of the molecule is COCCn1c(SCC(=O)N[C@](C)(C#N)C(C)C)nc2ccccc2c1=O. The molecule has 1 N–H and O–H groups in total. The molecule has 0 aliphatic carbocycles. The highest BCUT2D eigenvalue weighted by Gasteiger charge is 2.30. The lowest BCUT2D eigenvalue weighted by molar-refractivity contribution is -0.120. The van der Waals surface area contributed by atoms with E-state index in [1.807, 2.05) is 19.9 Å². The van der Waals surface area contributed by atoms with Crippen LogP contribution in [-0.4, -0.2) is 40.5 Å². The molecule has 144 valence electrons. The van der Waals surface area contributed by atoms with E-state index in [-0.39, 0.29) is 23.1 Å². The number of rotatable bonds is 8. The number of nitrogens with one attached hydrogen (secondary N) is 1. The van der Waals surface area contributed by atoms with E-state index in [4.69, 9.17) is 4.74 Å². The van der Waals surface area contributed by atoms with Gasteiger partial charge in [0, 0.05) is 7.11 Å². The first-order valence-corrected chi connectivity index (χ1v) is 9.64. The van der Waals surface area contributed by atoms with Crippen molar-refractivity contribution in [3.05, 3.63) is 34.6 Å². The molecule has 0 saturated heterocycles. The zero-order valence-electron chi connectivity index (χ0n) is 16.0. The van der Waals surface area contributed by atoms with Crippen molar-refractivity contribution in [3.63, 3.8) is 0 Å². The summed E-state index contributed by atoms with van der Waals surface area (Å²) >= 11 is 1.17. The third-order valence-corrected chi connectivity index (χ3v) is 5.44. The summed E-state index contributed by atoms with van der Waals surface area (Å²) in [6.45, 7) is 6.16. The fourth-order valence-electron chi connectivity index (χ4n) is 2.39. The van der Waals surface area contributed by atoms with Crippen molar-refractivity contribution in [2.45, 2.75) is 38.0 Å². The minimum absolute atomic E-state index is 0.0323. The first-order chi connectivity index (χ1) is 12.8. The van der Waals surface area contributed by atoms with Gasteiger partial charge in [0.05, 0.1) is 35.9 Å². The molecule has 0 bridgehead atoms. The highest BCUT2D eigenvalue weighted by Crippen LogP contribution is 2.19. The quantitative estimate of drug-likeness (QED) is 0.550. The van der Waals surface area contributed by atoms with Gasteiger partial charge in [-0.2, -0.15) is 5.26 Å². The molecule has 0 aliphatic rings. The third-order valence-electron chi connectivity index (χ3n) is 4.46. The molecule has 0 spiro atoms. The number of nitriles is 1. The number of carbonyl (C=O) groups is 1. The van der Waals surface area contributed by atoms with Gasteiger partial charge in [0.1, 0.15) is 5.54 Å². The molecule has 2 rings (SSSR count). The van der Waals surface area contributed by atoms with Crippen molar-refractivity contribution in [2.24, 2.45) is 5.92 Å². The molecule has 1 aromatic heterocycles. The number of hydrogen-bond donors (Lipinski definition) is 1. The van der Waals surface area contributed by atoms with E-state index in [1.54, 1.807) is 32.2 Å². The largest absolute Gasteiger partial charge is 0.383 e. The normalized spacial score (nSPS) is 13.3. The molecular weight excluding hydrogens is 364 g/mol. The van der Waals surface area contributed by atoms with Gasteiger partial charge in [-0.05, 0) is 25.0 Å². The minimum atomic E-state index is -0.940. The standard InChI is InChI=1S/C19H24N4O3S/c1-13(2)19(3,12-20)22-16(24)11-27-18-21-15-8-6-5-7-14(15)17(25)23(18)9-10-26-4/h5-8,13H,9-11H2,1-4H3,(H,22,24)/t19-/m1/s1. The lowest BCUT2D eigenvalue weighted by atomic mass is 9.90. The van der Waals surface area contributed by atoms with Crippen molar-refractivity contribution < 1.29 is 9.53 Å². The van der Waals surface area contributed by atoms with Gasteiger partial charge >= 0.3 is 0 Å². The first kappa shape index (κ1) is 20.9. The number of hydrogen-bond acceptors (Lipinski definition) is 6. The number of thioether (sulfide) groups is 1. The predicted octanol–water partition coefficient (Wildman–Crippen LogP) is 2.19. The van der Waals surface area contributed by atoms with Gasteiger partial charge in [0.25, 0.3) is 5.56 Å². The predicted molar refractivity (Wildman–Crippen MR) is 106 cm³/mol. The van der Waals surface area contributed by atoms with Crippen LogP contribution in [0.15, 0.2) is 34.2 Å². The zero-order valence-corrected chi connectivity index (χ0v) is 16.8. The second-order valence-corrected chi connectivity index (χ2v) is 7.61. The molecule has 0 aliphatic heterocycles. The van der Waals surface area contributed by atoms with Crippen LogP contribution < -0.4 is 10.9 Å². The van der Waals surface area contributed by atoms with Gasteiger partial charge in [0.2, 0.25) is 5.91 Å². The zero-order chi connectivity index (χ0) is 20.0. The highest BCUT2D eigenvalue weighted by molar-refractivity contribution is 7.99. The molecule has 7 nitrogen and oxygen atoms in total. The summed E-state index contributed by atoms with van der Waals surface area (Å²) < 4.78 is 6.61. The Morgan fingerprint density at radius 2 is 2.15 bits per heavy atom. The van der Waals surface area contributed by atoms with Crippen LogP contribution in [0, 0.1) is 17.2 Å². The fourth-order valence-corrected chi connectivity index (χ4v) is 3.22. The van der Waals surface area contributed by atoms with Gasteiger partial charge in [0.15, 0.2) is 5.16 Å². The second-order valence-electron chi connectivity index (χ2n) is 6.67. The Morgan fingerprint density at radius 1 is 1.44 bits per heavy atom. The number of nitrogens with zero attached hydrogens (tertiary/aromatic N) is 3. The maximum atomic E-state index is 12.8. The van der Waals surface area contributed by atoms with Crippen molar-refractivity contribution in [1.82, 2.24) is 14.9 Å². The molecule has 1 atom stereocenters. The number of fused-ring (bicyclic) bond motifs is 1. The van der Waals surface area contributed by atoms with Gasteiger partial charge in [-0.3, -0.25) is 14.2 Å². The van der Waals surface area contributed by atoms with E-state index >= 15 is 0 Å². The van der Waals surface area contributed by atoms with E-state index in [2.05, 4.69) is 16.4 Å². The molecule has 27 heavy (non-hydrogen) atoms. The maximum absolute atomic E-state index is 12.8.